The Morgan fingerprint density at radius 1 is 1.73 bits per heavy atom. The lowest BCUT2D eigenvalue weighted by atomic mass is 10.4. The van der Waals surface area contributed by atoms with Crippen LogP contribution in [0.3, 0.4) is 0 Å². The molecule has 0 unspecified atom stereocenters. The molecule has 0 fully saturated rings. The molecule has 0 aliphatic rings. The van der Waals surface area contributed by atoms with Crippen LogP contribution in [0.5, 0.6) is 5.75 Å². The molecule has 1 heterocycles. The van der Waals surface area contributed by atoms with Gasteiger partial charge in [0.2, 0.25) is 0 Å². The van der Waals surface area contributed by atoms with Crippen LogP contribution in [-0.2, 0) is 0 Å². The van der Waals surface area contributed by atoms with E-state index in [1.165, 1.54) is 6.26 Å². The Bertz CT molecular complexity index is 175. The Balaban J connectivity index is 2.04. The van der Waals surface area contributed by atoms with Gasteiger partial charge in [-0.05, 0) is 20.0 Å². The number of nitrogens with zero attached hydrogens (tertiary/aromatic N) is 1. The normalized spacial score (nSPS) is 9.91. The molecule has 0 radical (unpaired) electrons. The highest BCUT2D eigenvalue weighted by Gasteiger charge is 1.93. The molecule has 0 aromatic carbocycles. The van der Waals surface area contributed by atoms with Crippen LogP contribution < -0.4 is 10.1 Å². The fourth-order valence-electron chi connectivity index (χ4n) is 0.705. The number of hydrogen-bond donors (Lipinski definition) is 1. The zero-order chi connectivity index (χ0) is 7.94. The van der Waals surface area contributed by atoms with Gasteiger partial charge in [0.1, 0.15) is 6.20 Å². The van der Waals surface area contributed by atoms with E-state index in [0.717, 1.165) is 13.0 Å². The largest absolute Gasteiger partial charge is 0.488 e. The van der Waals surface area contributed by atoms with Crippen molar-refractivity contribution < 1.29 is 9.26 Å². The Morgan fingerprint density at radius 2 is 2.64 bits per heavy atom. The molecular weight excluding hydrogens is 144 g/mol. The van der Waals surface area contributed by atoms with Gasteiger partial charge in [-0.25, -0.2) is 0 Å². The lowest BCUT2D eigenvalue weighted by molar-refractivity contribution is 0.305. The highest BCUT2D eigenvalue weighted by atomic mass is 16.5. The first-order valence-corrected chi connectivity index (χ1v) is 3.60. The van der Waals surface area contributed by atoms with Crippen LogP contribution in [0.25, 0.3) is 0 Å². The van der Waals surface area contributed by atoms with E-state index < -0.39 is 0 Å². The first-order chi connectivity index (χ1) is 5.43. The standard InChI is InChI=1S/C7H12N2O2/c1-8-3-2-4-10-7-5-9-11-6-7/h5-6,8H,2-4H2,1H3. The van der Waals surface area contributed by atoms with Crippen molar-refractivity contribution in [1.29, 1.82) is 0 Å². The van der Waals surface area contributed by atoms with Gasteiger partial charge >= 0.3 is 0 Å². The number of nitrogens with one attached hydrogen (secondary N) is 1. The second kappa shape index (κ2) is 4.73. The number of aromatic nitrogens is 1. The van der Waals surface area contributed by atoms with Crippen LogP contribution in [0, 0.1) is 0 Å². The van der Waals surface area contributed by atoms with Gasteiger partial charge in [-0.3, -0.25) is 0 Å². The molecule has 1 N–H and O–H groups in total. The Morgan fingerprint density at radius 3 is 3.27 bits per heavy atom. The van der Waals surface area contributed by atoms with Crippen molar-refractivity contribution in [2.45, 2.75) is 6.42 Å². The fraction of sp³-hybridized carbons (Fsp3) is 0.571. The molecule has 0 bridgehead atoms. The average Bonchev–Trinajstić information content (AvgIpc) is 2.50. The number of hydrogen-bond acceptors (Lipinski definition) is 4. The third kappa shape index (κ3) is 3.04. The first-order valence-electron chi connectivity index (χ1n) is 3.60. The zero-order valence-corrected chi connectivity index (χ0v) is 6.54. The van der Waals surface area contributed by atoms with Crippen molar-refractivity contribution in [3.63, 3.8) is 0 Å². The molecule has 4 nitrogen and oxygen atoms in total. The van der Waals surface area contributed by atoms with Crippen LogP contribution in [0.4, 0.5) is 0 Å². The van der Waals surface area contributed by atoms with E-state index in [9.17, 15) is 0 Å². The third-order valence-electron chi connectivity index (χ3n) is 1.25. The molecule has 0 aliphatic heterocycles. The topological polar surface area (TPSA) is 47.3 Å². The van der Waals surface area contributed by atoms with E-state index in [0.29, 0.717) is 12.4 Å². The maximum Gasteiger partial charge on any atom is 0.178 e. The summed E-state index contributed by atoms with van der Waals surface area (Å²) in [4.78, 5) is 0. The molecule has 1 rings (SSSR count). The molecule has 0 amide bonds. The zero-order valence-electron chi connectivity index (χ0n) is 6.54. The molecule has 1 aromatic rings. The highest BCUT2D eigenvalue weighted by Crippen LogP contribution is 2.06. The predicted octanol–water partition coefficient (Wildman–Crippen LogP) is 0.663. The third-order valence-corrected chi connectivity index (χ3v) is 1.25. The minimum atomic E-state index is 0.695. The van der Waals surface area contributed by atoms with Crippen LogP contribution in [0.15, 0.2) is 17.0 Å². The molecule has 1 aromatic heterocycles. The second-order valence-electron chi connectivity index (χ2n) is 2.17. The van der Waals surface area contributed by atoms with Gasteiger partial charge < -0.3 is 14.6 Å². The van der Waals surface area contributed by atoms with Crippen molar-refractivity contribution in [3.05, 3.63) is 12.5 Å². The van der Waals surface area contributed by atoms with E-state index in [2.05, 4.69) is 15.0 Å². The lowest BCUT2D eigenvalue weighted by Crippen LogP contribution is -2.11. The molecule has 62 valence electrons. The Labute approximate surface area is 65.5 Å². The van der Waals surface area contributed by atoms with Gasteiger partial charge in [0.15, 0.2) is 12.0 Å². The van der Waals surface area contributed by atoms with Crippen molar-refractivity contribution in [1.82, 2.24) is 10.5 Å². The second-order valence-corrected chi connectivity index (χ2v) is 2.17. The monoisotopic (exact) mass is 156 g/mol. The molecule has 0 aliphatic carbocycles. The van der Waals surface area contributed by atoms with Gasteiger partial charge in [0.05, 0.1) is 6.61 Å². The summed E-state index contributed by atoms with van der Waals surface area (Å²) in [6, 6.07) is 0. The summed E-state index contributed by atoms with van der Waals surface area (Å²) in [7, 11) is 1.92. The van der Waals surface area contributed by atoms with E-state index >= 15 is 0 Å². The van der Waals surface area contributed by atoms with Gasteiger partial charge in [0, 0.05) is 0 Å². The van der Waals surface area contributed by atoms with Gasteiger partial charge in [-0.2, -0.15) is 0 Å². The quantitative estimate of drug-likeness (QED) is 0.636. The van der Waals surface area contributed by atoms with Crippen molar-refractivity contribution in [2.24, 2.45) is 0 Å². The predicted molar refractivity (Wildman–Crippen MR) is 40.5 cm³/mol. The smallest absolute Gasteiger partial charge is 0.178 e. The molecule has 0 saturated carbocycles. The Kier molecular flexibility index (Phi) is 3.47. The summed E-state index contributed by atoms with van der Waals surface area (Å²) in [5, 5.41) is 6.53. The SMILES string of the molecule is CNCCCOc1cnoc1. The van der Waals surface area contributed by atoms with Crippen LogP contribution in [0.1, 0.15) is 6.42 Å². The summed E-state index contributed by atoms with van der Waals surface area (Å²) in [6.45, 7) is 1.66. The number of rotatable bonds is 5. The van der Waals surface area contributed by atoms with E-state index in [-0.39, 0.29) is 0 Å². The average molecular weight is 156 g/mol. The summed E-state index contributed by atoms with van der Waals surface area (Å²) in [5.74, 6) is 0.695. The summed E-state index contributed by atoms with van der Waals surface area (Å²) in [5.41, 5.74) is 0. The first kappa shape index (κ1) is 8.07. The van der Waals surface area contributed by atoms with Crippen LogP contribution in [-0.4, -0.2) is 25.4 Å². The molecule has 4 heteroatoms. The molecule has 0 atom stereocenters. The van der Waals surface area contributed by atoms with Crippen LogP contribution >= 0.6 is 0 Å². The minimum absolute atomic E-state index is 0.695. The summed E-state index contributed by atoms with van der Waals surface area (Å²) < 4.78 is 9.83. The van der Waals surface area contributed by atoms with Crippen LogP contribution in [0.2, 0.25) is 0 Å². The number of ether oxygens (including phenoxy) is 1. The molecular formula is C7H12N2O2. The fourth-order valence-corrected chi connectivity index (χ4v) is 0.705. The minimum Gasteiger partial charge on any atom is -0.488 e. The molecule has 0 spiro atoms. The van der Waals surface area contributed by atoms with Crippen molar-refractivity contribution in [3.8, 4) is 5.75 Å². The van der Waals surface area contributed by atoms with E-state index in [1.807, 2.05) is 7.05 Å². The summed E-state index contributed by atoms with van der Waals surface area (Å²) >= 11 is 0. The van der Waals surface area contributed by atoms with E-state index in [4.69, 9.17) is 4.74 Å². The van der Waals surface area contributed by atoms with E-state index in [1.54, 1.807) is 6.20 Å². The maximum atomic E-state index is 5.25. The van der Waals surface area contributed by atoms with Gasteiger partial charge in [-0.1, -0.05) is 5.16 Å². The summed E-state index contributed by atoms with van der Waals surface area (Å²) in [6.07, 6.45) is 4.03. The maximum absolute atomic E-state index is 5.25. The van der Waals surface area contributed by atoms with Crippen molar-refractivity contribution >= 4 is 0 Å². The van der Waals surface area contributed by atoms with Gasteiger partial charge in [-0.15, -0.1) is 0 Å². The lowest BCUT2D eigenvalue weighted by Gasteiger charge is -2.00. The Hall–Kier alpha value is -1.03. The van der Waals surface area contributed by atoms with Gasteiger partial charge in [0.25, 0.3) is 0 Å². The molecule has 0 saturated heterocycles. The highest BCUT2D eigenvalue weighted by molar-refractivity contribution is 5.07. The molecule has 11 heavy (non-hydrogen) atoms. The van der Waals surface area contributed by atoms with Crippen molar-refractivity contribution in [2.75, 3.05) is 20.2 Å².